The molecule has 0 spiro atoms. The van der Waals surface area contributed by atoms with E-state index in [1.165, 1.54) is 11.8 Å². The first-order chi connectivity index (χ1) is 12.6. The van der Waals surface area contributed by atoms with Crippen molar-refractivity contribution in [3.05, 3.63) is 59.4 Å². The predicted octanol–water partition coefficient (Wildman–Crippen LogP) is 2.45. The van der Waals surface area contributed by atoms with Crippen LogP contribution in [0.25, 0.3) is 0 Å². The molecule has 3 rings (SSSR count). The van der Waals surface area contributed by atoms with E-state index in [0.717, 1.165) is 32.5 Å². The second-order valence-corrected chi connectivity index (χ2v) is 6.66. The number of nitrogens with zero attached hydrogens (tertiary/aromatic N) is 2. The molecular weight excluding hydrogens is 352 g/mol. The van der Waals surface area contributed by atoms with Gasteiger partial charge in [-0.15, -0.1) is 0 Å². The second kappa shape index (κ2) is 8.78. The van der Waals surface area contributed by atoms with Gasteiger partial charge in [-0.25, -0.2) is 4.98 Å². The highest BCUT2D eigenvalue weighted by Crippen LogP contribution is 2.17. The van der Waals surface area contributed by atoms with Crippen LogP contribution in [0.3, 0.4) is 0 Å². The quantitative estimate of drug-likeness (QED) is 0.638. The van der Waals surface area contributed by atoms with Crippen molar-refractivity contribution in [1.29, 1.82) is 0 Å². The maximum atomic E-state index is 12.1. The molecule has 0 bridgehead atoms. The van der Waals surface area contributed by atoms with Crippen LogP contribution in [-0.2, 0) is 16.1 Å². The number of hydrogen-bond donors (Lipinski definition) is 2. The van der Waals surface area contributed by atoms with Gasteiger partial charge >= 0.3 is 11.8 Å². The molecule has 1 aromatic heterocycles. The number of pyridine rings is 1. The fourth-order valence-corrected chi connectivity index (χ4v) is 3.15. The summed E-state index contributed by atoms with van der Waals surface area (Å²) in [7, 11) is 0. The summed E-state index contributed by atoms with van der Waals surface area (Å²) in [4.78, 5) is 30.3. The van der Waals surface area contributed by atoms with Gasteiger partial charge in [0.2, 0.25) is 0 Å². The van der Waals surface area contributed by atoms with E-state index in [0.29, 0.717) is 5.69 Å². The number of piperidine rings is 1. The van der Waals surface area contributed by atoms with E-state index >= 15 is 0 Å². The maximum absolute atomic E-state index is 12.1. The second-order valence-electron chi connectivity index (χ2n) is 6.31. The van der Waals surface area contributed by atoms with Crippen LogP contribution >= 0.6 is 11.6 Å². The topological polar surface area (TPSA) is 74.3 Å². The Morgan fingerprint density at radius 3 is 2.50 bits per heavy atom. The van der Waals surface area contributed by atoms with E-state index in [2.05, 4.69) is 32.7 Å². The van der Waals surface area contributed by atoms with Crippen molar-refractivity contribution < 1.29 is 9.59 Å². The molecule has 26 heavy (non-hydrogen) atoms. The molecule has 0 atom stereocenters. The van der Waals surface area contributed by atoms with Gasteiger partial charge in [0.05, 0.1) is 5.69 Å². The van der Waals surface area contributed by atoms with Gasteiger partial charge in [-0.2, -0.15) is 0 Å². The summed E-state index contributed by atoms with van der Waals surface area (Å²) in [6, 6.07) is 13.6. The van der Waals surface area contributed by atoms with Gasteiger partial charge in [0, 0.05) is 31.9 Å². The molecule has 1 saturated heterocycles. The van der Waals surface area contributed by atoms with E-state index in [4.69, 9.17) is 11.6 Å². The van der Waals surface area contributed by atoms with E-state index in [9.17, 15) is 9.59 Å². The van der Waals surface area contributed by atoms with Crippen molar-refractivity contribution in [2.45, 2.75) is 25.4 Å². The molecular formula is C19H21ClN4O2. The Bertz CT molecular complexity index is 761. The van der Waals surface area contributed by atoms with Crippen molar-refractivity contribution in [1.82, 2.24) is 15.2 Å². The molecule has 1 aromatic carbocycles. The number of likely N-dealkylation sites (tertiary alicyclic amines) is 1. The zero-order chi connectivity index (χ0) is 18.4. The highest BCUT2D eigenvalue weighted by atomic mass is 35.5. The Hall–Kier alpha value is -2.44. The molecule has 0 radical (unpaired) electrons. The lowest BCUT2D eigenvalue weighted by atomic mass is 10.0. The number of halogens is 1. The summed E-state index contributed by atoms with van der Waals surface area (Å²) >= 11 is 5.88. The maximum Gasteiger partial charge on any atom is 0.313 e. The van der Waals surface area contributed by atoms with E-state index < -0.39 is 11.8 Å². The lowest BCUT2D eigenvalue weighted by Crippen LogP contribution is -2.47. The van der Waals surface area contributed by atoms with E-state index in [1.54, 1.807) is 12.1 Å². The minimum atomic E-state index is -0.730. The Morgan fingerprint density at radius 2 is 1.81 bits per heavy atom. The van der Waals surface area contributed by atoms with E-state index in [-0.39, 0.29) is 11.2 Å². The molecule has 2 N–H and O–H groups in total. The lowest BCUT2D eigenvalue weighted by Gasteiger charge is -2.32. The first-order valence-corrected chi connectivity index (χ1v) is 8.98. The highest BCUT2D eigenvalue weighted by Gasteiger charge is 2.23. The van der Waals surface area contributed by atoms with Crippen LogP contribution in [0, 0.1) is 0 Å². The Kier molecular flexibility index (Phi) is 6.20. The number of hydrogen-bond acceptors (Lipinski definition) is 4. The largest absolute Gasteiger partial charge is 0.345 e. The fraction of sp³-hybridized carbons (Fsp3) is 0.316. The molecule has 2 heterocycles. The van der Waals surface area contributed by atoms with Crippen molar-refractivity contribution in [2.75, 3.05) is 18.4 Å². The average Bonchev–Trinajstić information content (AvgIpc) is 2.66. The molecule has 0 saturated carbocycles. The van der Waals surface area contributed by atoms with Crippen molar-refractivity contribution >= 4 is 29.1 Å². The minimum absolute atomic E-state index is 0.00430. The smallest absolute Gasteiger partial charge is 0.313 e. The van der Waals surface area contributed by atoms with Crippen molar-refractivity contribution in [3.63, 3.8) is 0 Å². The number of benzene rings is 1. The summed E-state index contributed by atoms with van der Waals surface area (Å²) in [6.45, 7) is 2.67. The number of amides is 2. The molecule has 1 aliphatic rings. The molecule has 7 heteroatoms. The number of rotatable bonds is 4. The molecule has 2 amide bonds. The van der Waals surface area contributed by atoms with Crippen LogP contribution in [0.2, 0.25) is 5.15 Å². The number of nitrogens with one attached hydrogen (secondary N) is 2. The standard InChI is InChI=1S/C19H21ClN4O2/c20-17-16(7-4-10-21-17)23-19(26)18(25)22-15-8-11-24(12-9-15)13-14-5-2-1-3-6-14/h1-7,10,15H,8-9,11-13H2,(H,22,25)(H,23,26). The van der Waals surface area contributed by atoms with Gasteiger partial charge in [0.25, 0.3) is 0 Å². The fourth-order valence-electron chi connectivity index (χ4n) is 2.99. The molecule has 0 aliphatic carbocycles. The first kappa shape index (κ1) is 18.4. The first-order valence-electron chi connectivity index (χ1n) is 8.60. The van der Waals surface area contributed by atoms with Crippen LogP contribution in [0.1, 0.15) is 18.4 Å². The van der Waals surface area contributed by atoms with Gasteiger partial charge in [0.1, 0.15) is 0 Å². The average molecular weight is 373 g/mol. The number of aromatic nitrogens is 1. The molecule has 136 valence electrons. The van der Waals surface area contributed by atoms with Crippen LogP contribution in [0.5, 0.6) is 0 Å². The molecule has 6 nitrogen and oxygen atoms in total. The zero-order valence-corrected chi connectivity index (χ0v) is 15.1. The highest BCUT2D eigenvalue weighted by molar-refractivity contribution is 6.41. The normalized spacial score (nSPS) is 15.4. The lowest BCUT2D eigenvalue weighted by molar-refractivity contribution is -0.136. The molecule has 1 fully saturated rings. The van der Waals surface area contributed by atoms with Gasteiger partial charge in [0.15, 0.2) is 5.15 Å². The Labute approximate surface area is 157 Å². The summed E-state index contributed by atoms with van der Waals surface area (Å²) in [5.41, 5.74) is 1.61. The SMILES string of the molecule is O=C(Nc1cccnc1Cl)C(=O)NC1CCN(Cc2ccccc2)CC1. The third kappa shape index (κ3) is 5.03. The Morgan fingerprint density at radius 1 is 1.08 bits per heavy atom. The van der Waals surface area contributed by atoms with Crippen LogP contribution in [0.15, 0.2) is 48.7 Å². The number of carbonyl (C=O) groups is 2. The summed E-state index contributed by atoms with van der Waals surface area (Å²) in [5.74, 6) is -1.38. The van der Waals surface area contributed by atoms with Gasteiger partial charge in [-0.3, -0.25) is 14.5 Å². The monoisotopic (exact) mass is 372 g/mol. The third-order valence-corrected chi connectivity index (χ3v) is 4.69. The third-order valence-electron chi connectivity index (χ3n) is 4.39. The minimum Gasteiger partial charge on any atom is -0.345 e. The van der Waals surface area contributed by atoms with Crippen molar-refractivity contribution in [2.24, 2.45) is 0 Å². The van der Waals surface area contributed by atoms with Gasteiger partial charge in [-0.1, -0.05) is 41.9 Å². The Balaban J connectivity index is 1.44. The van der Waals surface area contributed by atoms with Crippen LogP contribution in [0.4, 0.5) is 5.69 Å². The summed E-state index contributed by atoms with van der Waals surface area (Å²) in [6.07, 6.45) is 3.15. The summed E-state index contributed by atoms with van der Waals surface area (Å²) < 4.78 is 0. The van der Waals surface area contributed by atoms with Crippen LogP contribution in [-0.4, -0.2) is 40.8 Å². The van der Waals surface area contributed by atoms with Crippen molar-refractivity contribution in [3.8, 4) is 0 Å². The van der Waals surface area contributed by atoms with Crippen LogP contribution < -0.4 is 10.6 Å². The number of anilines is 1. The molecule has 2 aromatic rings. The van der Waals surface area contributed by atoms with Gasteiger partial charge < -0.3 is 10.6 Å². The molecule has 0 unspecified atom stereocenters. The predicted molar refractivity (Wildman–Crippen MR) is 101 cm³/mol. The summed E-state index contributed by atoms with van der Waals surface area (Å²) in [5, 5.41) is 5.44. The van der Waals surface area contributed by atoms with E-state index in [1.807, 2.05) is 18.2 Å². The number of carbonyl (C=O) groups excluding carboxylic acids is 2. The zero-order valence-electron chi connectivity index (χ0n) is 14.3. The van der Waals surface area contributed by atoms with Gasteiger partial charge in [-0.05, 0) is 30.5 Å². The molecule has 1 aliphatic heterocycles.